The molecule has 0 bridgehead atoms. The van der Waals surface area contributed by atoms with Crippen LogP contribution in [-0.4, -0.2) is 0 Å². The van der Waals surface area contributed by atoms with Crippen molar-refractivity contribution in [1.82, 2.24) is 0 Å². The summed E-state index contributed by atoms with van der Waals surface area (Å²) in [5.74, 6) is 0. The van der Waals surface area contributed by atoms with Crippen molar-refractivity contribution < 1.29 is 21.1 Å². The normalized spacial score (nSPS) is 12.4. The van der Waals surface area contributed by atoms with Crippen LogP contribution in [-0.2, 0) is 21.1 Å². The maximum atomic E-state index is 3.15. The fraction of sp³-hybridized carbons (Fsp3) is 0.143. The van der Waals surface area contributed by atoms with E-state index in [1.807, 2.05) is 48.5 Å². The Balaban J connectivity index is 0.000000154. The first kappa shape index (κ1) is 22.9. The summed E-state index contributed by atoms with van der Waals surface area (Å²) in [6, 6.07) is 34.8. The van der Waals surface area contributed by atoms with Crippen LogP contribution in [0.15, 0.2) is 109 Å². The van der Waals surface area contributed by atoms with E-state index in [-0.39, 0.29) is 21.1 Å². The van der Waals surface area contributed by atoms with E-state index in [1.54, 1.807) is 0 Å². The molecule has 0 fully saturated rings. The standard InChI is InChI=1S/2C10H7.C8H12.Pt/c2*1-2-6-10-8-4-3-7-9(10)5-1;1-2-4-6-8-7-5-3-1;/h2*1-7H;1-2,7-8H,3-6H2;/q2*-1;;+2. The van der Waals surface area contributed by atoms with Gasteiger partial charge < -0.3 is 0 Å². The number of rotatable bonds is 0. The van der Waals surface area contributed by atoms with Crippen LogP contribution >= 0.6 is 0 Å². The van der Waals surface area contributed by atoms with Crippen molar-refractivity contribution in [3.05, 3.63) is 121 Å². The molecule has 4 aromatic carbocycles. The third-order valence-corrected chi connectivity index (χ3v) is 4.48. The summed E-state index contributed by atoms with van der Waals surface area (Å²) in [5.41, 5.74) is 0. The summed E-state index contributed by atoms with van der Waals surface area (Å²) < 4.78 is 0. The molecule has 0 spiro atoms. The minimum Gasteiger partial charge on any atom is -0.147 e. The number of hydrogen-bond donors (Lipinski definition) is 0. The van der Waals surface area contributed by atoms with Gasteiger partial charge in [0.15, 0.2) is 0 Å². The molecule has 0 radical (unpaired) electrons. The zero-order valence-corrected chi connectivity index (χ0v) is 18.8. The molecule has 0 saturated heterocycles. The Hall–Kier alpha value is -2.43. The predicted molar refractivity (Wildman–Crippen MR) is 122 cm³/mol. The van der Waals surface area contributed by atoms with E-state index >= 15 is 0 Å². The average molecular weight is 558 g/mol. The first-order valence-electron chi connectivity index (χ1n) is 9.94. The quantitative estimate of drug-likeness (QED) is 0.152. The molecule has 0 amide bonds. The number of benzene rings is 4. The molecule has 1 heteroatoms. The zero-order chi connectivity index (χ0) is 19.3. The average Bonchev–Trinajstić information content (AvgIpc) is 2.74. The van der Waals surface area contributed by atoms with Crippen LogP contribution in [0.4, 0.5) is 0 Å². The van der Waals surface area contributed by atoms with Crippen LogP contribution in [0.5, 0.6) is 0 Å². The maximum Gasteiger partial charge on any atom is 2.00 e. The fourth-order valence-corrected chi connectivity index (χ4v) is 2.98. The summed E-state index contributed by atoms with van der Waals surface area (Å²) in [5, 5.41) is 4.88. The fourth-order valence-electron chi connectivity index (χ4n) is 2.98. The minimum absolute atomic E-state index is 0. The first-order valence-corrected chi connectivity index (χ1v) is 9.94. The van der Waals surface area contributed by atoms with Crippen LogP contribution in [0.1, 0.15) is 25.7 Å². The van der Waals surface area contributed by atoms with Crippen molar-refractivity contribution in [3.63, 3.8) is 0 Å². The summed E-state index contributed by atoms with van der Waals surface area (Å²) in [6.45, 7) is 0. The molecule has 5 rings (SSSR count). The van der Waals surface area contributed by atoms with E-state index in [0.717, 1.165) is 0 Å². The topological polar surface area (TPSA) is 0 Å². The van der Waals surface area contributed by atoms with Crippen LogP contribution in [0.25, 0.3) is 21.5 Å². The molecule has 148 valence electrons. The maximum absolute atomic E-state index is 3.15. The van der Waals surface area contributed by atoms with Crippen molar-refractivity contribution in [3.8, 4) is 0 Å². The molecule has 4 aromatic rings. The SMILES string of the molecule is C1=CCCC=CCC1.[Pt+2].[c-]1cccc2ccccc12.[c-]1cccc2ccccc12. The molecule has 0 unspecified atom stereocenters. The molecule has 0 heterocycles. The van der Waals surface area contributed by atoms with E-state index < -0.39 is 0 Å². The molecule has 0 saturated carbocycles. The van der Waals surface area contributed by atoms with Gasteiger partial charge in [0.05, 0.1) is 0 Å². The van der Waals surface area contributed by atoms with E-state index in [0.29, 0.717) is 0 Å². The van der Waals surface area contributed by atoms with E-state index in [4.69, 9.17) is 0 Å². The van der Waals surface area contributed by atoms with Gasteiger partial charge in [-0.05, 0) is 25.7 Å². The molecule has 0 atom stereocenters. The summed E-state index contributed by atoms with van der Waals surface area (Å²) in [6.07, 6.45) is 14.0. The Kier molecular flexibility index (Phi) is 10.8. The Morgan fingerprint density at radius 1 is 0.448 bits per heavy atom. The van der Waals surface area contributed by atoms with Crippen LogP contribution in [0.2, 0.25) is 0 Å². The Morgan fingerprint density at radius 2 is 0.793 bits per heavy atom. The summed E-state index contributed by atoms with van der Waals surface area (Å²) >= 11 is 0. The smallest absolute Gasteiger partial charge is 0.147 e. The third kappa shape index (κ3) is 8.22. The van der Waals surface area contributed by atoms with Gasteiger partial charge in [0, 0.05) is 0 Å². The van der Waals surface area contributed by atoms with E-state index in [1.165, 1.54) is 47.2 Å². The summed E-state index contributed by atoms with van der Waals surface area (Å²) in [4.78, 5) is 0. The zero-order valence-electron chi connectivity index (χ0n) is 16.5. The molecular weight excluding hydrogens is 531 g/mol. The molecule has 0 N–H and O–H groups in total. The second-order valence-electron chi connectivity index (χ2n) is 6.61. The van der Waals surface area contributed by atoms with Gasteiger partial charge in [-0.25, -0.2) is 0 Å². The van der Waals surface area contributed by atoms with E-state index in [2.05, 4.69) is 72.8 Å². The first-order chi connectivity index (χ1) is 13.9. The van der Waals surface area contributed by atoms with Gasteiger partial charge in [-0.15, -0.1) is 94.3 Å². The van der Waals surface area contributed by atoms with Crippen LogP contribution in [0, 0.1) is 12.1 Å². The monoisotopic (exact) mass is 557 g/mol. The molecule has 1 aliphatic carbocycles. The van der Waals surface area contributed by atoms with Crippen LogP contribution in [0.3, 0.4) is 0 Å². The van der Waals surface area contributed by atoms with Gasteiger partial charge in [-0.2, -0.15) is 0 Å². The molecule has 1 aliphatic rings. The van der Waals surface area contributed by atoms with Gasteiger partial charge in [0.2, 0.25) is 0 Å². The van der Waals surface area contributed by atoms with Gasteiger partial charge in [-0.1, -0.05) is 48.6 Å². The van der Waals surface area contributed by atoms with Gasteiger partial charge in [0.1, 0.15) is 0 Å². The van der Waals surface area contributed by atoms with Crippen molar-refractivity contribution in [2.75, 3.05) is 0 Å². The number of fused-ring (bicyclic) bond motifs is 2. The van der Waals surface area contributed by atoms with Crippen molar-refractivity contribution >= 4 is 21.5 Å². The minimum atomic E-state index is 0. The number of allylic oxidation sites excluding steroid dienone is 4. The Morgan fingerprint density at radius 3 is 1.17 bits per heavy atom. The van der Waals surface area contributed by atoms with Crippen LogP contribution < -0.4 is 0 Å². The molecule has 0 aromatic heterocycles. The van der Waals surface area contributed by atoms with Gasteiger partial charge >= 0.3 is 21.1 Å². The second kappa shape index (κ2) is 13.7. The van der Waals surface area contributed by atoms with Crippen molar-refractivity contribution in [2.45, 2.75) is 25.7 Å². The third-order valence-electron chi connectivity index (χ3n) is 4.48. The largest absolute Gasteiger partial charge is 2.00 e. The van der Waals surface area contributed by atoms with E-state index in [9.17, 15) is 0 Å². The molecular formula is C28H26Pt. The summed E-state index contributed by atoms with van der Waals surface area (Å²) in [7, 11) is 0. The molecule has 29 heavy (non-hydrogen) atoms. The van der Waals surface area contributed by atoms with Crippen molar-refractivity contribution in [1.29, 1.82) is 0 Å². The predicted octanol–water partition coefficient (Wildman–Crippen LogP) is 7.95. The molecule has 0 nitrogen and oxygen atoms in total. The Labute approximate surface area is 189 Å². The van der Waals surface area contributed by atoms with Crippen molar-refractivity contribution in [2.24, 2.45) is 0 Å². The Bertz CT molecular complexity index is 802. The number of hydrogen-bond acceptors (Lipinski definition) is 0. The second-order valence-corrected chi connectivity index (χ2v) is 6.61. The molecule has 0 aliphatic heterocycles. The van der Waals surface area contributed by atoms with Gasteiger partial charge in [0.25, 0.3) is 0 Å². The van der Waals surface area contributed by atoms with Gasteiger partial charge in [-0.3, -0.25) is 0 Å².